The second-order valence-corrected chi connectivity index (χ2v) is 6.16. The van der Waals surface area contributed by atoms with Crippen LogP contribution in [0.15, 0.2) is 12.1 Å². The lowest BCUT2D eigenvalue weighted by Crippen LogP contribution is -2.03. The Hall–Kier alpha value is -1.67. The minimum Gasteiger partial charge on any atom is -0.507 e. The molecule has 0 unspecified atom stereocenters. The van der Waals surface area contributed by atoms with Gasteiger partial charge in [-0.3, -0.25) is 4.79 Å². The summed E-state index contributed by atoms with van der Waals surface area (Å²) in [6, 6.07) is 3.48. The lowest BCUT2D eigenvalue weighted by atomic mass is 10.0. The second kappa shape index (κ2) is 14.7. The highest BCUT2D eigenvalue weighted by Crippen LogP contribution is 2.33. The number of carbonyl (C=O) groups excluding carboxylic acids is 1. The van der Waals surface area contributed by atoms with E-state index in [1.54, 1.807) is 6.07 Å². The maximum absolute atomic E-state index is 11.5. The highest BCUT2D eigenvalue weighted by Gasteiger charge is 2.15. The number of phenols is 1. The number of ether oxygens (including phenoxy) is 1. The second-order valence-electron chi connectivity index (χ2n) is 5.96. The van der Waals surface area contributed by atoms with Crippen molar-refractivity contribution in [3.05, 3.63) is 23.3 Å². The molecule has 1 N–H and O–H groups in total. The first-order chi connectivity index (χ1) is 12.0. The summed E-state index contributed by atoms with van der Waals surface area (Å²) < 4.78 is 5.84. The number of benzene rings is 1. The first kappa shape index (κ1) is 23.3. The molecule has 140 valence electrons. The molecule has 1 rings (SSSR count). The Balaban J connectivity index is 0.00000178. The number of rotatable bonds is 11. The molecule has 25 heavy (non-hydrogen) atoms. The first-order valence-electron chi connectivity index (χ1n) is 9.05. The zero-order chi connectivity index (χ0) is 19.1. The topological polar surface area (TPSA) is 70.3 Å². The molecular formula is C20H31NO3S. The summed E-state index contributed by atoms with van der Waals surface area (Å²) in [7, 11) is 0. The summed E-state index contributed by atoms with van der Waals surface area (Å²) >= 11 is 3.09. The van der Waals surface area contributed by atoms with Crippen molar-refractivity contribution in [2.24, 2.45) is 0 Å². The van der Waals surface area contributed by atoms with Crippen molar-refractivity contribution >= 4 is 18.4 Å². The molecule has 0 atom stereocenters. The third-order valence-corrected chi connectivity index (χ3v) is 3.87. The van der Waals surface area contributed by atoms with Gasteiger partial charge in [0.05, 0.1) is 12.2 Å². The Labute approximate surface area is 157 Å². The average molecular weight is 366 g/mol. The molecule has 0 bridgehead atoms. The van der Waals surface area contributed by atoms with Crippen molar-refractivity contribution in [3.63, 3.8) is 0 Å². The Bertz CT molecular complexity index is 553. The highest BCUT2D eigenvalue weighted by molar-refractivity contribution is 7.85. The van der Waals surface area contributed by atoms with Gasteiger partial charge >= 0.3 is 0 Å². The standard InChI is InChI=1S/C19H30O3.CHNS/c1-4-6-7-8-9-10-14-22-18-13-12-16(15(3)20)19(21)17(18)11-5-2;2-1-3/h12-13,21H,4-11,14H2,1-3H3;3H. The lowest BCUT2D eigenvalue weighted by Gasteiger charge is -2.14. The first-order valence-corrected chi connectivity index (χ1v) is 9.49. The van der Waals surface area contributed by atoms with Gasteiger partial charge in [-0.15, -0.1) is 0 Å². The zero-order valence-corrected chi connectivity index (χ0v) is 16.6. The van der Waals surface area contributed by atoms with Gasteiger partial charge in [-0.05, 0) is 31.9 Å². The van der Waals surface area contributed by atoms with Gasteiger partial charge in [-0.25, -0.2) is 0 Å². The Kier molecular flexibility index (Phi) is 13.7. The number of thiocyanates is 1. The van der Waals surface area contributed by atoms with E-state index in [0.29, 0.717) is 12.2 Å². The number of thiol groups is 1. The Morgan fingerprint density at radius 1 is 1.16 bits per heavy atom. The van der Waals surface area contributed by atoms with E-state index in [1.165, 1.54) is 44.4 Å². The predicted molar refractivity (Wildman–Crippen MR) is 106 cm³/mol. The maximum atomic E-state index is 11.5. The molecular weight excluding hydrogens is 334 g/mol. The fourth-order valence-corrected chi connectivity index (χ4v) is 2.59. The number of phenolic OH excluding ortho intramolecular Hbond substituents is 1. The predicted octanol–water partition coefficient (Wildman–Crippen LogP) is 5.68. The van der Waals surface area contributed by atoms with Gasteiger partial charge < -0.3 is 9.84 Å². The molecule has 1 aromatic carbocycles. The molecule has 0 aliphatic carbocycles. The summed E-state index contributed by atoms with van der Waals surface area (Å²) in [4.78, 5) is 11.5. The lowest BCUT2D eigenvalue weighted by molar-refractivity contribution is 0.101. The number of hydrogen-bond donors (Lipinski definition) is 2. The van der Waals surface area contributed by atoms with Crippen molar-refractivity contribution in [2.45, 2.75) is 72.1 Å². The molecule has 0 saturated carbocycles. The van der Waals surface area contributed by atoms with Crippen LogP contribution in [0.4, 0.5) is 0 Å². The van der Waals surface area contributed by atoms with Crippen LogP contribution in [0.3, 0.4) is 0 Å². The van der Waals surface area contributed by atoms with Crippen molar-refractivity contribution in [3.8, 4) is 16.9 Å². The molecule has 0 aliphatic heterocycles. The fraction of sp³-hybridized carbons (Fsp3) is 0.600. The fourth-order valence-electron chi connectivity index (χ4n) is 2.59. The Morgan fingerprint density at radius 2 is 1.76 bits per heavy atom. The van der Waals surface area contributed by atoms with Crippen LogP contribution in [0, 0.1) is 10.7 Å². The molecule has 0 aromatic heterocycles. The molecule has 0 amide bonds. The van der Waals surface area contributed by atoms with Gasteiger partial charge in [0.2, 0.25) is 0 Å². The van der Waals surface area contributed by atoms with Gasteiger partial charge in [-0.1, -0.05) is 65.0 Å². The Morgan fingerprint density at radius 3 is 2.32 bits per heavy atom. The van der Waals surface area contributed by atoms with E-state index in [0.717, 1.165) is 30.6 Å². The van der Waals surface area contributed by atoms with Crippen molar-refractivity contribution in [1.82, 2.24) is 0 Å². The van der Waals surface area contributed by atoms with E-state index in [2.05, 4.69) is 26.5 Å². The average Bonchev–Trinajstić information content (AvgIpc) is 2.57. The van der Waals surface area contributed by atoms with Crippen molar-refractivity contribution < 1.29 is 14.6 Å². The van der Waals surface area contributed by atoms with E-state index in [1.807, 2.05) is 6.07 Å². The number of hydrogen-bond acceptors (Lipinski definition) is 5. The van der Waals surface area contributed by atoms with Crippen LogP contribution in [0.5, 0.6) is 11.5 Å². The minimum absolute atomic E-state index is 0.0924. The number of nitriles is 1. The van der Waals surface area contributed by atoms with E-state index >= 15 is 0 Å². The van der Waals surface area contributed by atoms with Crippen LogP contribution in [-0.4, -0.2) is 17.5 Å². The number of carbonyl (C=O) groups is 1. The highest BCUT2D eigenvalue weighted by atomic mass is 32.1. The molecule has 0 heterocycles. The number of ketones is 1. The summed E-state index contributed by atoms with van der Waals surface area (Å²) in [6.45, 7) is 6.41. The van der Waals surface area contributed by atoms with Crippen molar-refractivity contribution in [2.75, 3.05) is 6.61 Å². The third kappa shape index (κ3) is 9.40. The normalized spacial score (nSPS) is 9.72. The largest absolute Gasteiger partial charge is 0.507 e. The monoisotopic (exact) mass is 365 g/mol. The number of Topliss-reactive ketones (excluding diaryl/α,β-unsaturated/α-hetero) is 1. The summed E-state index contributed by atoms with van der Waals surface area (Å²) in [5.74, 6) is 0.699. The molecule has 0 radical (unpaired) electrons. The third-order valence-electron chi connectivity index (χ3n) is 3.87. The summed E-state index contributed by atoms with van der Waals surface area (Å²) in [5.41, 5.74) is 1.15. The SMILES string of the molecule is CCCCCCCCOc1ccc(C(C)=O)c(O)c1CCC.N#CS. The summed E-state index contributed by atoms with van der Waals surface area (Å²) in [5, 5.41) is 18.9. The molecule has 0 saturated heterocycles. The number of unbranched alkanes of at least 4 members (excludes halogenated alkanes) is 5. The molecule has 0 fully saturated rings. The molecule has 0 aliphatic rings. The molecule has 5 heteroatoms. The van der Waals surface area contributed by atoms with E-state index in [-0.39, 0.29) is 11.5 Å². The smallest absolute Gasteiger partial charge is 0.163 e. The molecule has 4 nitrogen and oxygen atoms in total. The van der Waals surface area contributed by atoms with Crippen LogP contribution in [0.2, 0.25) is 0 Å². The zero-order valence-electron chi connectivity index (χ0n) is 15.7. The van der Waals surface area contributed by atoms with E-state index < -0.39 is 0 Å². The van der Waals surface area contributed by atoms with Crippen LogP contribution < -0.4 is 4.74 Å². The van der Waals surface area contributed by atoms with Gasteiger partial charge in [0.25, 0.3) is 0 Å². The van der Waals surface area contributed by atoms with Gasteiger partial charge in [0.15, 0.2) is 5.78 Å². The van der Waals surface area contributed by atoms with E-state index in [9.17, 15) is 9.90 Å². The maximum Gasteiger partial charge on any atom is 0.163 e. The number of aromatic hydroxyl groups is 1. The van der Waals surface area contributed by atoms with Crippen LogP contribution in [0.25, 0.3) is 0 Å². The minimum atomic E-state index is -0.114. The van der Waals surface area contributed by atoms with Gasteiger partial charge in [0, 0.05) is 5.56 Å². The quantitative estimate of drug-likeness (QED) is 0.229. The molecule has 1 aromatic rings. The van der Waals surface area contributed by atoms with Crippen molar-refractivity contribution in [1.29, 1.82) is 5.26 Å². The van der Waals surface area contributed by atoms with Crippen LogP contribution in [0.1, 0.15) is 81.6 Å². The van der Waals surface area contributed by atoms with E-state index in [4.69, 9.17) is 10.00 Å². The van der Waals surface area contributed by atoms with Gasteiger partial charge in [-0.2, -0.15) is 5.26 Å². The molecule has 0 spiro atoms. The van der Waals surface area contributed by atoms with Crippen LogP contribution >= 0.6 is 12.6 Å². The summed E-state index contributed by atoms with van der Waals surface area (Å²) in [6.07, 6.45) is 8.96. The number of nitrogens with zero attached hydrogens (tertiary/aromatic N) is 1. The van der Waals surface area contributed by atoms with Crippen LogP contribution in [-0.2, 0) is 6.42 Å². The van der Waals surface area contributed by atoms with Gasteiger partial charge in [0.1, 0.15) is 16.9 Å².